The van der Waals surface area contributed by atoms with E-state index in [1.807, 2.05) is 6.92 Å². The number of ether oxygens (including phenoxy) is 1. The molecule has 0 unspecified atom stereocenters. The monoisotopic (exact) mass is 157 g/mol. The fourth-order valence-corrected chi connectivity index (χ4v) is 0.869. The molecule has 1 aromatic rings. The van der Waals surface area contributed by atoms with Gasteiger partial charge >= 0.3 is 0 Å². The van der Waals surface area contributed by atoms with Gasteiger partial charge in [-0.2, -0.15) is 9.49 Å². The summed E-state index contributed by atoms with van der Waals surface area (Å²) < 4.78 is 18.9. The molecule has 0 spiro atoms. The van der Waals surface area contributed by atoms with Gasteiger partial charge in [-0.1, -0.05) is 6.92 Å². The third kappa shape index (κ3) is 1.50. The molecule has 0 aromatic carbocycles. The van der Waals surface area contributed by atoms with Crippen molar-refractivity contribution in [1.82, 2.24) is 9.78 Å². The van der Waals surface area contributed by atoms with E-state index in [2.05, 4.69) is 11.3 Å². The van der Waals surface area contributed by atoms with Crippen molar-refractivity contribution in [2.24, 2.45) is 0 Å². The van der Waals surface area contributed by atoms with Gasteiger partial charge in [-0.15, -0.1) is 0 Å². The molecule has 11 heavy (non-hydrogen) atoms. The first-order valence-electron chi connectivity index (χ1n) is 3.47. The van der Waals surface area contributed by atoms with Gasteiger partial charge in [-0.3, -0.25) is 0 Å². The van der Waals surface area contributed by atoms with Crippen molar-refractivity contribution in [2.75, 3.05) is 7.11 Å². The van der Waals surface area contributed by atoms with Gasteiger partial charge in [0.25, 0.3) is 0 Å². The Labute approximate surface area is 64.8 Å². The number of nitrogens with zero attached hydrogens (tertiary/aromatic N) is 2. The molecule has 61 valence electrons. The average Bonchev–Trinajstić information content (AvgIpc) is 2.33. The lowest BCUT2D eigenvalue weighted by atomic mass is 10.5. The molecule has 1 aromatic heterocycles. The highest BCUT2D eigenvalue weighted by Crippen LogP contribution is 2.14. The lowest BCUT2D eigenvalue weighted by Crippen LogP contribution is -2.02. The summed E-state index contributed by atoms with van der Waals surface area (Å²) in [5.74, 6) is -0.368. The highest BCUT2D eigenvalue weighted by Gasteiger charge is 2.09. The van der Waals surface area contributed by atoms with E-state index in [0.29, 0.717) is 6.54 Å². The highest BCUT2D eigenvalue weighted by molar-refractivity contribution is 5.09. The predicted molar refractivity (Wildman–Crippen MR) is 37.9 cm³/mol. The molecule has 0 aliphatic heterocycles. The van der Waals surface area contributed by atoms with Crippen LogP contribution >= 0.6 is 0 Å². The molecule has 0 fully saturated rings. The minimum atomic E-state index is -0.527. The molecule has 0 amide bonds. The Hall–Kier alpha value is -1.06. The first kappa shape index (κ1) is 8.04. The molecular weight excluding hydrogens is 147 g/mol. The fourth-order valence-electron chi connectivity index (χ4n) is 0.869. The summed E-state index contributed by atoms with van der Waals surface area (Å²) in [6.07, 6.45) is 3.09. The molecule has 1 radical (unpaired) electrons. The quantitative estimate of drug-likeness (QED) is 0.660. The molecule has 0 bridgehead atoms. The number of rotatable bonds is 3. The molecule has 1 rings (SSSR count). The molecule has 0 aliphatic carbocycles. The van der Waals surface area contributed by atoms with Gasteiger partial charge in [0.2, 0.25) is 11.7 Å². The second-order valence-electron chi connectivity index (χ2n) is 2.16. The predicted octanol–water partition coefficient (Wildman–Crippen LogP) is 1.24. The summed E-state index contributed by atoms with van der Waals surface area (Å²) in [6, 6.07) is 0. The number of hydrogen-bond acceptors (Lipinski definition) is 2. The summed E-state index contributed by atoms with van der Waals surface area (Å²) >= 11 is 0. The van der Waals surface area contributed by atoms with Crippen LogP contribution in [0.1, 0.15) is 13.3 Å². The number of hydrogen-bond donors (Lipinski definition) is 0. The van der Waals surface area contributed by atoms with Gasteiger partial charge in [0, 0.05) is 6.54 Å². The first-order valence-corrected chi connectivity index (χ1v) is 3.47. The van der Waals surface area contributed by atoms with E-state index >= 15 is 0 Å². The maximum absolute atomic E-state index is 12.7. The summed E-state index contributed by atoms with van der Waals surface area (Å²) in [4.78, 5) is 0. The van der Waals surface area contributed by atoms with E-state index in [1.54, 1.807) is 0 Å². The van der Waals surface area contributed by atoms with Crippen molar-refractivity contribution in [3.8, 4) is 5.88 Å². The molecule has 0 aliphatic rings. The van der Waals surface area contributed by atoms with Crippen LogP contribution in [0.25, 0.3) is 0 Å². The van der Waals surface area contributed by atoms with E-state index in [9.17, 15) is 4.39 Å². The summed E-state index contributed by atoms with van der Waals surface area (Å²) in [5, 5.41) is 3.67. The van der Waals surface area contributed by atoms with Gasteiger partial charge in [0.15, 0.2) is 6.20 Å². The Morgan fingerprint density at radius 3 is 3.00 bits per heavy atom. The Kier molecular flexibility index (Phi) is 2.46. The SMILES string of the molecule is CCCn1n[c]c(F)c1OC. The fraction of sp³-hybridized carbons (Fsp3) is 0.571. The highest BCUT2D eigenvalue weighted by atomic mass is 19.1. The van der Waals surface area contributed by atoms with Crippen molar-refractivity contribution < 1.29 is 9.13 Å². The van der Waals surface area contributed by atoms with Crippen LogP contribution in [0.15, 0.2) is 0 Å². The smallest absolute Gasteiger partial charge is 0.249 e. The molecule has 0 saturated carbocycles. The molecule has 1 heterocycles. The van der Waals surface area contributed by atoms with E-state index < -0.39 is 5.82 Å². The number of aromatic nitrogens is 2. The largest absolute Gasteiger partial charge is 0.479 e. The van der Waals surface area contributed by atoms with Crippen LogP contribution < -0.4 is 4.74 Å². The molecule has 0 saturated heterocycles. The zero-order valence-corrected chi connectivity index (χ0v) is 6.59. The molecule has 0 N–H and O–H groups in total. The summed E-state index contributed by atoms with van der Waals surface area (Å²) in [7, 11) is 1.42. The Balaban J connectivity index is 2.86. The average molecular weight is 157 g/mol. The van der Waals surface area contributed by atoms with Crippen molar-refractivity contribution in [3.05, 3.63) is 12.0 Å². The molecular formula is C7H10FN2O. The Bertz CT molecular complexity index is 234. The number of aryl methyl sites for hydroxylation is 1. The van der Waals surface area contributed by atoms with Crippen molar-refractivity contribution in [3.63, 3.8) is 0 Å². The topological polar surface area (TPSA) is 27.1 Å². The first-order chi connectivity index (χ1) is 5.29. The summed E-state index contributed by atoms with van der Waals surface area (Å²) in [5.41, 5.74) is 0. The van der Waals surface area contributed by atoms with Crippen molar-refractivity contribution in [2.45, 2.75) is 19.9 Å². The standard InChI is InChI=1S/C7H10FN2O/c1-3-4-10-7(11-2)6(8)5-9-10/h3-4H2,1-2H3. The number of halogens is 1. The molecule has 0 atom stereocenters. The lowest BCUT2D eigenvalue weighted by Gasteiger charge is -2.02. The minimum absolute atomic E-state index is 0.159. The van der Waals surface area contributed by atoms with Crippen molar-refractivity contribution >= 4 is 0 Å². The third-order valence-corrected chi connectivity index (χ3v) is 1.32. The molecule has 3 nitrogen and oxygen atoms in total. The second-order valence-corrected chi connectivity index (χ2v) is 2.16. The normalized spacial score (nSPS) is 10.1. The van der Waals surface area contributed by atoms with Crippen molar-refractivity contribution in [1.29, 1.82) is 0 Å². The number of methoxy groups -OCH3 is 1. The van der Waals surface area contributed by atoms with Gasteiger partial charge in [-0.25, -0.2) is 4.68 Å². The lowest BCUT2D eigenvalue weighted by molar-refractivity contribution is 0.339. The maximum atomic E-state index is 12.7. The van der Waals surface area contributed by atoms with Crippen LogP contribution in [-0.2, 0) is 6.54 Å². The zero-order chi connectivity index (χ0) is 8.27. The van der Waals surface area contributed by atoms with Gasteiger partial charge in [0.05, 0.1) is 7.11 Å². The van der Waals surface area contributed by atoms with Gasteiger partial charge in [-0.05, 0) is 6.42 Å². The van der Waals surface area contributed by atoms with Crippen LogP contribution in [0.3, 0.4) is 0 Å². The third-order valence-electron chi connectivity index (χ3n) is 1.32. The zero-order valence-electron chi connectivity index (χ0n) is 6.59. The van der Waals surface area contributed by atoms with Crippen LogP contribution in [0.4, 0.5) is 4.39 Å². The second kappa shape index (κ2) is 3.37. The molecule has 4 heteroatoms. The minimum Gasteiger partial charge on any atom is -0.479 e. The van der Waals surface area contributed by atoms with Crippen LogP contribution in [0.5, 0.6) is 5.88 Å². The Morgan fingerprint density at radius 2 is 2.45 bits per heavy atom. The summed E-state index contributed by atoms with van der Waals surface area (Å²) in [6.45, 7) is 2.64. The van der Waals surface area contributed by atoms with E-state index in [-0.39, 0.29) is 5.88 Å². The maximum Gasteiger partial charge on any atom is 0.249 e. The van der Waals surface area contributed by atoms with Gasteiger partial charge in [0.1, 0.15) is 0 Å². The van der Waals surface area contributed by atoms with E-state index in [1.165, 1.54) is 11.8 Å². The Morgan fingerprint density at radius 1 is 1.73 bits per heavy atom. The van der Waals surface area contributed by atoms with Gasteiger partial charge < -0.3 is 4.74 Å². The van der Waals surface area contributed by atoms with E-state index in [4.69, 9.17) is 4.74 Å². The van der Waals surface area contributed by atoms with E-state index in [0.717, 1.165) is 6.42 Å². The van der Waals surface area contributed by atoms with Crippen LogP contribution in [0, 0.1) is 12.0 Å². The van der Waals surface area contributed by atoms with Crippen LogP contribution in [-0.4, -0.2) is 16.9 Å². The van der Waals surface area contributed by atoms with Crippen LogP contribution in [0.2, 0.25) is 0 Å².